The zero-order chi connectivity index (χ0) is 23.0. The summed E-state index contributed by atoms with van der Waals surface area (Å²) in [6.45, 7) is 1.69. The monoisotopic (exact) mass is 444 g/mol. The number of alkyl halides is 3. The Kier molecular flexibility index (Phi) is 5.17. The van der Waals surface area contributed by atoms with Crippen molar-refractivity contribution in [2.45, 2.75) is 13.1 Å². The standard InChI is InChI=1S/C21H16F4N6O/c1-11-18(19(26)31-17(28-11)7-8-27-31)15-6-5-14(10-16(15)22)30-20(32)29-13-4-2-3-12(9-13)21(23,24)25/h2-10H,26H2,1H3,(H2,29,30,32). The molecule has 2 aromatic carbocycles. The minimum Gasteiger partial charge on any atom is -0.383 e. The molecule has 0 aliphatic heterocycles. The summed E-state index contributed by atoms with van der Waals surface area (Å²) in [6.07, 6.45) is -3.02. The van der Waals surface area contributed by atoms with Crippen LogP contribution >= 0.6 is 0 Å². The van der Waals surface area contributed by atoms with Gasteiger partial charge < -0.3 is 16.4 Å². The van der Waals surface area contributed by atoms with Crippen LogP contribution in [0.5, 0.6) is 0 Å². The van der Waals surface area contributed by atoms with Crippen molar-refractivity contribution in [3.8, 4) is 11.1 Å². The fourth-order valence-corrected chi connectivity index (χ4v) is 3.28. The number of nitrogens with one attached hydrogen (secondary N) is 2. The van der Waals surface area contributed by atoms with Crippen LogP contribution in [0.25, 0.3) is 16.8 Å². The number of hydrogen-bond donors (Lipinski definition) is 3. The van der Waals surface area contributed by atoms with Gasteiger partial charge in [0.2, 0.25) is 0 Å². The maximum absolute atomic E-state index is 14.9. The molecular formula is C21H16F4N6O. The normalized spacial score (nSPS) is 11.5. The van der Waals surface area contributed by atoms with E-state index < -0.39 is 23.6 Å². The summed E-state index contributed by atoms with van der Waals surface area (Å²) in [7, 11) is 0. The van der Waals surface area contributed by atoms with E-state index in [1.54, 1.807) is 13.0 Å². The lowest BCUT2D eigenvalue weighted by molar-refractivity contribution is -0.137. The topological polar surface area (TPSA) is 97.3 Å². The van der Waals surface area contributed by atoms with Crippen LogP contribution < -0.4 is 16.4 Å². The third-order valence-electron chi connectivity index (χ3n) is 4.70. The van der Waals surface area contributed by atoms with Gasteiger partial charge in [-0.1, -0.05) is 6.07 Å². The average molecular weight is 444 g/mol. The van der Waals surface area contributed by atoms with Crippen LogP contribution in [0, 0.1) is 12.7 Å². The van der Waals surface area contributed by atoms with Crippen LogP contribution in [0.2, 0.25) is 0 Å². The Morgan fingerprint density at radius 1 is 1.06 bits per heavy atom. The predicted octanol–water partition coefficient (Wildman–Crippen LogP) is 5.09. The van der Waals surface area contributed by atoms with Crippen LogP contribution in [0.3, 0.4) is 0 Å². The Morgan fingerprint density at radius 2 is 1.78 bits per heavy atom. The van der Waals surface area contributed by atoms with Crippen molar-refractivity contribution in [3.05, 3.63) is 71.8 Å². The van der Waals surface area contributed by atoms with Gasteiger partial charge in [-0.3, -0.25) is 0 Å². The molecule has 164 valence electrons. The van der Waals surface area contributed by atoms with Crippen molar-refractivity contribution in [1.29, 1.82) is 0 Å². The first-order chi connectivity index (χ1) is 15.1. The van der Waals surface area contributed by atoms with Crippen molar-refractivity contribution >= 4 is 28.9 Å². The number of hydrogen-bond acceptors (Lipinski definition) is 4. The van der Waals surface area contributed by atoms with Gasteiger partial charge >= 0.3 is 12.2 Å². The molecule has 0 spiro atoms. The van der Waals surface area contributed by atoms with Gasteiger partial charge in [-0.2, -0.15) is 22.8 Å². The fourth-order valence-electron chi connectivity index (χ4n) is 3.28. The summed E-state index contributed by atoms with van der Waals surface area (Å²) in [5, 5.41) is 8.74. The van der Waals surface area contributed by atoms with E-state index in [0.29, 0.717) is 16.9 Å². The SMILES string of the molecule is Cc1nc2ccnn2c(N)c1-c1ccc(NC(=O)Nc2cccc(C(F)(F)F)c2)cc1F. The number of aryl methyl sites for hydroxylation is 1. The maximum atomic E-state index is 14.9. The molecule has 11 heteroatoms. The van der Waals surface area contributed by atoms with Gasteiger partial charge in [0.25, 0.3) is 0 Å². The van der Waals surface area contributed by atoms with E-state index in [2.05, 4.69) is 20.7 Å². The van der Waals surface area contributed by atoms with Crippen LogP contribution in [0.1, 0.15) is 11.3 Å². The van der Waals surface area contributed by atoms with E-state index in [-0.39, 0.29) is 22.8 Å². The smallest absolute Gasteiger partial charge is 0.383 e. The van der Waals surface area contributed by atoms with Crippen LogP contribution in [0.4, 0.5) is 39.5 Å². The van der Waals surface area contributed by atoms with Gasteiger partial charge in [0.05, 0.1) is 17.5 Å². The quantitative estimate of drug-likeness (QED) is 0.384. The van der Waals surface area contributed by atoms with Crippen molar-refractivity contribution < 1.29 is 22.4 Å². The van der Waals surface area contributed by atoms with E-state index in [9.17, 15) is 22.4 Å². The molecule has 4 aromatic rings. The molecule has 0 fully saturated rings. The third-order valence-corrected chi connectivity index (χ3v) is 4.70. The van der Waals surface area contributed by atoms with E-state index in [1.807, 2.05) is 0 Å². The van der Waals surface area contributed by atoms with E-state index >= 15 is 0 Å². The summed E-state index contributed by atoms with van der Waals surface area (Å²) in [6, 6.07) is 8.94. The molecule has 0 saturated carbocycles. The predicted molar refractivity (Wildman–Crippen MR) is 112 cm³/mol. The van der Waals surface area contributed by atoms with Gasteiger partial charge in [-0.05, 0) is 43.3 Å². The summed E-state index contributed by atoms with van der Waals surface area (Å²) in [5.74, 6) is -0.468. The Labute approximate surface area is 178 Å². The number of aromatic nitrogens is 3. The number of carbonyl (C=O) groups excluding carboxylic acids is 1. The largest absolute Gasteiger partial charge is 0.416 e. The lowest BCUT2D eigenvalue weighted by Crippen LogP contribution is -2.20. The first-order valence-electron chi connectivity index (χ1n) is 9.28. The summed E-state index contributed by atoms with van der Waals surface area (Å²) in [4.78, 5) is 16.5. The Bertz CT molecular complexity index is 1330. The number of amides is 2. The number of nitrogens with zero attached hydrogens (tertiary/aromatic N) is 3. The van der Waals surface area contributed by atoms with Gasteiger partial charge in [0.15, 0.2) is 5.65 Å². The van der Waals surface area contributed by atoms with Crippen LogP contribution in [0.15, 0.2) is 54.7 Å². The number of nitrogen functional groups attached to an aromatic ring is 1. The molecule has 0 atom stereocenters. The van der Waals surface area contributed by atoms with E-state index in [4.69, 9.17) is 5.73 Å². The Hall–Kier alpha value is -4.15. The molecule has 4 rings (SSSR count). The molecule has 0 radical (unpaired) electrons. The molecule has 0 bridgehead atoms. The van der Waals surface area contributed by atoms with Crippen molar-refractivity contribution in [2.24, 2.45) is 0 Å². The zero-order valence-corrected chi connectivity index (χ0v) is 16.5. The maximum Gasteiger partial charge on any atom is 0.416 e. The van der Waals surface area contributed by atoms with Crippen LogP contribution in [-0.2, 0) is 6.18 Å². The second-order valence-corrected chi connectivity index (χ2v) is 6.91. The van der Waals surface area contributed by atoms with Crippen molar-refractivity contribution in [2.75, 3.05) is 16.4 Å². The van der Waals surface area contributed by atoms with Gasteiger partial charge in [0.1, 0.15) is 11.6 Å². The summed E-state index contributed by atoms with van der Waals surface area (Å²) >= 11 is 0. The molecule has 2 heterocycles. The van der Waals surface area contributed by atoms with Gasteiger partial charge in [-0.15, -0.1) is 0 Å². The lowest BCUT2D eigenvalue weighted by Gasteiger charge is -2.13. The highest BCUT2D eigenvalue weighted by Crippen LogP contribution is 2.33. The van der Waals surface area contributed by atoms with Crippen molar-refractivity contribution in [3.63, 3.8) is 0 Å². The molecule has 0 aliphatic carbocycles. The number of halogens is 4. The van der Waals surface area contributed by atoms with Gasteiger partial charge in [0, 0.05) is 28.6 Å². The number of fused-ring (bicyclic) bond motifs is 1. The Morgan fingerprint density at radius 3 is 2.47 bits per heavy atom. The summed E-state index contributed by atoms with van der Waals surface area (Å²) in [5.41, 5.74) is 6.82. The zero-order valence-electron chi connectivity index (χ0n) is 16.5. The van der Waals surface area contributed by atoms with Gasteiger partial charge in [-0.25, -0.2) is 14.2 Å². The minimum absolute atomic E-state index is 0.0589. The summed E-state index contributed by atoms with van der Waals surface area (Å²) < 4.78 is 54.7. The third kappa shape index (κ3) is 4.04. The molecule has 0 unspecified atom stereocenters. The second-order valence-electron chi connectivity index (χ2n) is 6.91. The molecule has 0 aliphatic rings. The highest BCUT2D eigenvalue weighted by atomic mass is 19.4. The fraction of sp³-hybridized carbons (Fsp3) is 0.0952. The van der Waals surface area contributed by atoms with E-state index in [0.717, 1.165) is 18.2 Å². The molecule has 0 saturated heterocycles. The highest BCUT2D eigenvalue weighted by Gasteiger charge is 2.30. The average Bonchev–Trinajstić information content (AvgIpc) is 3.17. The number of carbonyl (C=O) groups is 1. The second kappa shape index (κ2) is 7.84. The van der Waals surface area contributed by atoms with Crippen molar-refractivity contribution in [1.82, 2.24) is 14.6 Å². The van der Waals surface area contributed by atoms with Crippen LogP contribution in [-0.4, -0.2) is 20.6 Å². The molecule has 2 aromatic heterocycles. The molecular weight excluding hydrogens is 428 g/mol. The first kappa shape index (κ1) is 21.1. The lowest BCUT2D eigenvalue weighted by atomic mass is 10.0. The highest BCUT2D eigenvalue weighted by molar-refractivity contribution is 6.00. The number of urea groups is 1. The number of benzene rings is 2. The Balaban J connectivity index is 1.55. The molecule has 7 nitrogen and oxygen atoms in total. The molecule has 32 heavy (non-hydrogen) atoms. The number of nitrogens with two attached hydrogens (primary N) is 1. The molecule has 2 amide bonds. The minimum atomic E-state index is -4.54. The number of rotatable bonds is 3. The number of anilines is 3. The van der Waals surface area contributed by atoms with E-state index in [1.165, 1.54) is 35.0 Å². The molecule has 4 N–H and O–H groups in total. The first-order valence-corrected chi connectivity index (χ1v) is 9.28.